The number of carboxylic acids is 2. The molecule has 17 heteroatoms. The Labute approximate surface area is 167 Å². The first-order valence-corrected chi connectivity index (χ1v) is 7.31. The summed E-state index contributed by atoms with van der Waals surface area (Å²) < 4.78 is 145. The number of hydrogen-bond acceptors (Lipinski definition) is 3. The SMILES string of the molecule is O=C(O)c1cc(Cl)c(OC(F)=C(F)C(F)(F)C(F)(F)C(F)(F)C(F)(F)F)cc1C(=O)O. The predicted molar refractivity (Wildman–Crippen MR) is 76.1 cm³/mol. The van der Waals surface area contributed by atoms with E-state index in [-0.39, 0.29) is 12.1 Å². The molecular formula is C14H4ClF11O5. The van der Waals surface area contributed by atoms with E-state index in [1.807, 2.05) is 0 Å². The van der Waals surface area contributed by atoms with E-state index in [4.69, 9.17) is 21.8 Å². The van der Waals surface area contributed by atoms with Crippen LogP contribution in [0.2, 0.25) is 5.02 Å². The summed E-state index contributed by atoms with van der Waals surface area (Å²) in [6.07, 6.45) is -7.30. The van der Waals surface area contributed by atoms with Crippen LogP contribution in [-0.4, -0.2) is 46.1 Å². The van der Waals surface area contributed by atoms with Crippen molar-refractivity contribution in [2.45, 2.75) is 23.9 Å². The number of hydrogen-bond donors (Lipinski definition) is 2. The van der Waals surface area contributed by atoms with Crippen LogP contribution in [0, 0.1) is 0 Å². The van der Waals surface area contributed by atoms with Gasteiger partial charge in [0.15, 0.2) is 0 Å². The standard InChI is InChI=1S/C14H4ClF11O5/c15-5-1-3(9(27)28)4(10(29)30)2-6(5)31-8(17)7(16)11(18,19)12(20,21)13(22,23)14(24,25)26/h1-2H,(H,27,28)(H,29,30). The van der Waals surface area contributed by atoms with E-state index >= 15 is 0 Å². The number of carboxylic acid groups (broad SMARTS) is 2. The van der Waals surface area contributed by atoms with Crippen molar-refractivity contribution in [3.8, 4) is 5.75 Å². The van der Waals surface area contributed by atoms with Crippen LogP contribution >= 0.6 is 11.6 Å². The second kappa shape index (κ2) is 8.05. The quantitative estimate of drug-likeness (QED) is 0.374. The Balaban J connectivity index is 3.53. The molecule has 0 spiro atoms. The zero-order valence-corrected chi connectivity index (χ0v) is 14.6. The molecule has 0 bridgehead atoms. The Morgan fingerprint density at radius 3 is 1.61 bits per heavy atom. The van der Waals surface area contributed by atoms with Crippen molar-refractivity contribution in [1.29, 1.82) is 0 Å². The van der Waals surface area contributed by atoms with Gasteiger partial charge in [0.1, 0.15) is 5.75 Å². The predicted octanol–water partition coefficient (Wildman–Crippen LogP) is 5.69. The van der Waals surface area contributed by atoms with Gasteiger partial charge in [-0.1, -0.05) is 11.6 Å². The van der Waals surface area contributed by atoms with E-state index < -0.39 is 69.6 Å². The first-order chi connectivity index (χ1) is 13.7. The first-order valence-electron chi connectivity index (χ1n) is 6.94. The summed E-state index contributed by atoms with van der Waals surface area (Å²) in [5, 5.41) is 16.5. The van der Waals surface area contributed by atoms with Gasteiger partial charge in [0.2, 0.25) is 5.83 Å². The lowest BCUT2D eigenvalue weighted by Crippen LogP contribution is -2.61. The number of ether oxygens (including phenoxy) is 1. The van der Waals surface area contributed by atoms with Crippen LogP contribution in [0.5, 0.6) is 5.75 Å². The lowest BCUT2D eigenvalue weighted by atomic mass is 10.0. The summed E-state index contributed by atoms with van der Waals surface area (Å²) in [6.45, 7) is 0. The van der Waals surface area contributed by atoms with Crippen molar-refractivity contribution in [2.75, 3.05) is 0 Å². The van der Waals surface area contributed by atoms with Crippen molar-refractivity contribution in [3.63, 3.8) is 0 Å². The summed E-state index contributed by atoms with van der Waals surface area (Å²) in [4.78, 5) is 21.8. The summed E-state index contributed by atoms with van der Waals surface area (Å²) in [7, 11) is 0. The normalized spacial score (nSPS) is 14.2. The van der Waals surface area contributed by atoms with Crippen LogP contribution in [0.1, 0.15) is 20.7 Å². The minimum absolute atomic E-state index is 0.00157. The summed E-state index contributed by atoms with van der Waals surface area (Å²) in [5.74, 6) is -31.9. The van der Waals surface area contributed by atoms with Gasteiger partial charge in [0.05, 0.1) is 16.1 Å². The third-order valence-corrected chi connectivity index (χ3v) is 3.62. The van der Waals surface area contributed by atoms with Crippen LogP contribution in [0.15, 0.2) is 24.0 Å². The number of allylic oxidation sites excluding steroid dienone is 1. The Morgan fingerprint density at radius 1 is 0.806 bits per heavy atom. The van der Waals surface area contributed by atoms with Crippen LogP contribution in [0.4, 0.5) is 48.3 Å². The molecule has 1 aromatic carbocycles. The van der Waals surface area contributed by atoms with Gasteiger partial charge in [-0.25, -0.2) is 9.59 Å². The summed E-state index contributed by atoms with van der Waals surface area (Å²) in [5.41, 5.74) is -2.35. The molecule has 0 aromatic heterocycles. The maximum atomic E-state index is 13.6. The average Bonchev–Trinajstić information content (AvgIpc) is 2.60. The molecular weight excluding hydrogens is 493 g/mol. The monoisotopic (exact) mass is 496 g/mol. The number of rotatable bonds is 7. The summed E-state index contributed by atoms with van der Waals surface area (Å²) >= 11 is 5.34. The zero-order valence-electron chi connectivity index (χ0n) is 13.8. The van der Waals surface area contributed by atoms with Crippen molar-refractivity contribution in [2.24, 2.45) is 0 Å². The number of alkyl halides is 9. The van der Waals surface area contributed by atoms with E-state index in [9.17, 15) is 57.9 Å². The minimum Gasteiger partial charge on any atom is -0.478 e. The lowest BCUT2D eigenvalue weighted by Gasteiger charge is -2.32. The highest BCUT2D eigenvalue weighted by atomic mass is 35.5. The zero-order chi connectivity index (χ0) is 24.7. The van der Waals surface area contributed by atoms with Crippen LogP contribution in [0.3, 0.4) is 0 Å². The fourth-order valence-electron chi connectivity index (χ4n) is 1.76. The molecule has 0 atom stereocenters. The average molecular weight is 497 g/mol. The molecule has 5 nitrogen and oxygen atoms in total. The largest absolute Gasteiger partial charge is 0.478 e. The van der Waals surface area contributed by atoms with Gasteiger partial charge in [-0.2, -0.15) is 48.3 Å². The Morgan fingerprint density at radius 2 is 1.23 bits per heavy atom. The first kappa shape index (κ1) is 26.3. The maximum Gasteiger partial charge on any atom is 0.460 e. The van der Waals surface area contributed by atoms with E-state index in [0.717, 1.165) is 0 Å². The molecule has 31 heavy (non-hydrogen) atoms. The Kier molecular flexibility index (Phi) is 6.82. The molecule has 0 saturated heterocycles. The molecule has 0 amide bonds. The third-order valence-electron chi connectivity index (χ3n) is 3.33. The highest BCUT2D eigenvalue weighted by molar-refractivity contribution is 6.32. The molecule has 1 aromatic rings. The minimum atomic E-state index is -7.55. The lowest BCUT2D eigenvalue weighted by molar-refractivity contribution is -0.392. The fourth-order valence-corrected chi connectivity index (χ4v) is 1.97. The van der Waals surface area contributed by atoms with Gasteiger partial charge in [0, 0.05) is 0 Å². The van der Waals surface area contributed by atoms with Crippen molar-refractivity contribution >= 4 is 23.5 Å². The van der Waals surface area contributed by atoms with Crippen LogP contribution in [0.25, 0.3) is 0 Å². The number of aromatic carboxylic acids is 2. The second-order valence-corrected chi connectivity index (χ2v) is 5.76. The molecule has 0 unspecified atom stereocenters. The number of halogens is 12. The molecule has 0 aliphatic heterocycles. The van der Waals surface area contributed by atoms with Gasteiger partial charge >= 0.3 is 41.9 Å². The Bertz CT molecular complexity index is 939. The van der Waals surface area contributed by atoms with E-state index in [1.54, 1.807) is 0 Å². The fraction of sp³-hybridized carbons (Fsp3) is 0.286. The highest BCUT2D eigenvalue weighted by Crippen LogP contribution is 2.55. The molecule has 1 rings (SSSR count). The van der Waals surface area contributed by atoms with Crippen LogP contribution < -0.4 is 4.74 Å². The van der Waals surface area contributed by atoms with Crippen molar-refractivity contribution in [3.05, 3.63) is 40.1 Å². The topological polar surface area (TPSA) is 83.8 Å². The molecule has 174 valence electrons. The van der Waals surface area contributed by atoms with E-state index in [2.05, 4.69) is 4.74 Å². The number of benzene rings is 1. The third kappa shape index (κ3) is 4.47. The van der Waals surface area contributed by atoms with Gasteiger partial charge in [-0.3, -0.25) is 0 Å². The summed E-state index contributed by atoms with van der Waals surface area (Å²) in [6, 6.07) is -3.27. The van der Waals surface area contributed by atoms with Gasteiger partial charge in [-0.05, 0) is 12.1 Å². The van der Waals surface area contributed by atoms with Crippen LogP contribution in [-0.2, 0) is 0 Å². The van der Waals surface area contributed by atoms with E-state index in [1.165, 1.54) is 0 Å². The van der Waals surface area contributed by atoms with Gasteiger partial charge in [0.25, 0.3) is 0 Å². The molecule has 2 N–H and O–H groups in total. The second-order valence-electron chi connectivity index (χ2n) is 5.35. The molecule has 0 saturated carbocycles. The molecule has 0 fully saturated rings. The smallest absolute Gasteiger partial charge is 0.460 e. The molecule has 0 aliphatic carbocycles. The van der Waals surface area contributed by atoms with Gasteiger partial charge < -0.3 is 14.9 Å². The molecule has 0 heterocycles. The molecule has 0 radical (unpaired) electrons. The maximum absolute atomic E-state index is 13.6. The Hall–Kier alpha value is -2.78. The number of carbonyl (C=O) groups is 2. The van der Waals surface area contributed by atoms with Gasteiger partial charge in [-0.15, -0.1) is 0 Å². The van der Waals surface area contributed by atoms with Crippen molar-refractivity contribution in [1.82, 2.24) is 0 Å². The highest BCUT2D eigenvalue weighted by Gasteiger charge is 2.83. The molecule has 0 aliphatic rings. The van der Waals surface area contributed by atoms with Crippen molar-refractivity contribution < 1.29 is 72.8 Å². The van der Waals surface area contributed by atoms with E-state index in [0.29, 0.717) is 0 Å².